The van der Waals surface area contributed by atoms with Crippen molar-refractivity contribution >= 4 is 15.7 Å². The van der Waals surface area contributed by atoms with Crippen LogP contribution in [0.3, 0.4) is 0 Å². The quantitative estimate of drug-likeness (QED) is 0.932. The van der Waals surface area contributed by atoms with Crippen molar-refractivity contribution in [2.45, 2.75) is 0 Å². The molecule has 7 heteroatoms. The van der Waals surface area contributed by atoms with Gasteiger partial charge in [0.25, 0.3) is 0 Å². The average Bonchev–Trinajstić information content (AvgIpc) is 2.45. The molecule has 0 fully saturated rings. The summed E-state index contributed by atoms with van der Waals surface area (Å²) in [6, 6.07) is 8.55. The second kappa shape index (κ2) is 5.81. The zero-order valence-electron chi connectivity index (χ0n) is 11.5. The summed E-state index contributed by atoms with van der Waals surface area (Å²) in [6.07, 6.45) is 4.18. The van der Waals surface area contributed by atoms with Crippen LogP contribution >= 0.6 is 0 Å². The molecular weight excluding hydrogens is 290 g/mol. The minimum absolute atomic E-state index is 0.389. The standard InChI is InChI=1S/C14H13N3O3S/c1-20-14-7-11(17-21(2,18)19)3-4-12(14)13-9-16-6-5-10(13)8-15/h3-7,9,17H,1-2H3. The molecule has 0 aliphatic heterocycles. The zero-order chi connectivity index (χ0) is 15.5. The largest absolute Gasteiger partial charge is 0.496 e. The van der Waals surface area contributed by atoms with Crippen molar-refractivity contribution in [1.82, 2.24) is 4.98 Å². The lowest BCUT2D eigenvalue weighted by atomic mass is 10.0. The Bertz CT molecular complexity index is 810. The van der Waals surface area contributed by atoms with Crippen LogP contribution in [0.5, 0.6) is 5.75 Å². The van der Waals surface area contributed by atoms with Crippen LogP contribution in [-0.4, -0.2) is 26.8 Å². The van der Waals surface area contributed by atoms with Gasteiger partial charge in [0.1, 0.15) is 5.75 Å². The molecular formula is C14H13N3O3S. The highest BCUT2D eigenvalue weighted by atomic mass is 32.2. The minimum atomic E-state index is -3.36. The molecule has 0 saturated carbocycles. The number of hydrogen-bond acceptors (Lipinski definition) is 5. The molecule has 108 valence electrons. The van der Waals surface area contributed by atoms with Crippen molar-refractivity contribution in [2.75, 3.05) is 18.1 Å². The van der Waals surface area contributed by atoms with Gasteiger partial charge in [0.2, 0.25) is 10.0 Å². The van der Waals surface area contributed by atoms with Crippen molar-refractivity contribution in [3.63, 3.8) is 0 Å². The Morgan fingerprint density at radius 3 is 2.67 bits per heavy atom. The second-order valence-electron chi connectivity index (χ2n) is 4.32. The smallest absolute Gasteiger partial charge is 0.229 e. The Labute approximate surface area is 123 Å². The Kier molecular flexibility index (Phi) is 4.10. The molecule has 0 aliphatic carbocycles. The van der Waals surface area contributed by atoms with Gasteiger partial charge in [-0.05, 0) is 18.2 Å². The lowest BCUT2D eigenvalue weighted by Gasteiger charge is -2.12. The number of ether oxygens (including phenoxy) is 1. The molecule has 0 spiro atoms. The molecule has 6 nitrogen and oxygen atoms in total. The van der Waals surface area contributed by atoms with Crippen LogP contribution in [0.4, 0.5) is 5.69 Å². The monoisotopic (exact) mass is 303 g/mol. The predicted molar refractivity (Wildman–Crippen MR) is 79.4 cm³/mol. The van der Waals surface area contributed by atoms with Crippen molar-refractivity contribution in [1.29, 1.82) is 5.26 Å². The molecule has 0 atom stereocenters. The number of methoxy groups -OCH3 is 1. The number of aromatic nitrogens is 1. The summed E-state index contributed by atoms with van der Waals surface area (Å²) in [5.41, 5.74) is 2.15. The molecule has 0 saturated heterocycles. The predicted octanol–water partition coefficient (Wildman–Crippen LogP) is 2.00. The third-order valence-electron chi connectivity index (χ3n) is 2.74. The lowest BCUT2D eigenvalue weighted by Crippen LogP contribution is -2.09. The van der Waals surface area contributed by atoms with Crippen LogP contribution in [0.25, 0.3) is 11.1 Å². The summed E-state index contributed by atoms with van der Waals surface area (Å²) < 4.78 is 30.2. The maximum atomic E-state index is 11.3. The van der Waals surface area contributed by atoms with E-state index in [1.807, 2.05) is 0 Å². The van der Waals surface area contributed by atoms with Gasteiger partial charge in [-0.3, -0.25) is 9.71 Å². The molecule has 1 heterocycles. The highest BCUT2D eigenvalue weighted by molar-refractivity contribution is 7.92. The molecule has 21 heavy (non-hydrogen) atoms. The first-order valence-corrected chi connectivity index (χ1v) is 7.84. The van der Waals surface area contributed by atoms with E-state index in [4.69, 9.17) is 10.00 Å². The number of pyridine rings is 1. The van der Waals surface area contributed by atoms with Crippen LogP contribution in [0.15, 0.2) is 36.7 Å². The Balaban J connectivity index is 2.53. The number of anilines is 1. The topological polar surface area (TPSA) is 92.1 Å². The normalized spacial score (nSPS) is 10.7. The zero-order valence-corrected chi connectivity index (χ0v) is 12.3. The van der Waals surface area contributed by atoms with E-state index in [1.54, 1.807) is 30.5 Å². The molecule has 0 radical (unpaired) electrons. The van der Waals surface area contributed by atoms with Gasteiger partial charge in [-0.1, -0.05) is 0 Å². The van der Waals surface area contributed by atoms with Crippen LogP contribution in [0, 0.1) is 11.3 Å². The van der Waals surface area contributed by atoms with Gasteiger partial charge in [0.05, 0.1) is 30.7 Å². The maximum absolute atomic E-state index is 11.3. The molecule has 0 aliphatic rings. The molecule has 0 amide bonds. The molecule has 0 bridgehead atoms. The van der Waals surface area contributed by atoms with Crippen molar-refractivity contribution < 1.29 is 13.2 Å². The van der Waals surface area contributed by atoms with E-state index in [0.717, 1.165) is 6.26 Å². The van der Waals surface area contributed by atoms with E-state index in [0.29, 0.717) is 28.1 Å². The van der Waals surface area contributed by atoms with Gasteiger partial charge in [-0.25, -0.2) is 8.42 Å². The summed E-state index contributed by atoms with van der Waals surface area (Å²) >= 11 is 0. The SMILES string of the molecule is COc1cc(NS(C)(=O)=O)ccc1-c1cnccc1C#N. The van der Waals surface area contributed by atoms with Gasteiger partial charge in [-0.2, -0.15) is 5.26 Å². The Hall–Kier alpha value is -2.59. The number of sulfonamides is 1. The van der Waals surface area contributed by atoms with Gasteiger partial charge in [0.15, 0.2) is 0 Å². The summed E-state index contributed by atoms with van der Waals surface area (Å²) in [7, 11) is -1.89. The third kappa shape index (κ3) is 3.49. The minimum Gasteiger partial charge on any atom is -0.496 e. The van der Waals surface area contributed by atoms with Crippen LogP contribution in [0.2, 0.25) is 0 Å². The van der Waals surface area contributed by atoms with E-state index in [2.05, 4.69) is 15.8 Å². The first-order valence-electron chi connectivity index (χ1n) is 5.95. The van der Waals surface area contributed by atoms with Gasteiger partial charge >= 0.3 is 0 Å². The number of rotatable bonds is 4. The summed E-state index contributed by atoms with van der Waals surface area (Å²) in [4.78, 5) is 4.01. The molecule has 2 rings (SSSR count). The van der Waals surface area contributed by atoms with E-state index in [-0.39, 0.29) is 0 Å². The van der Waals surface area contributed by atoms with Crippen molar-refractivity contribution in [3.05, 3.63) is 42.2 Å². The van der Waals surface area contributed by atoms with Crippen LogP contribution < -0.4 is 9.46 Å². The van der Waals surface area contributed by atoms with Crippen molar-refractivity contribution in [2.24, 2.45) is 0 Å². The number of benzene rings is 1. The second-order valence-corrected chi connectivity index (χ2v) is 6.07. The molecule has 1 aromatic heterocycles. The van der Waals surface area contributed by atoms with Crippen LogP contribution in [0.1, 0.15) is 5.56 Å². The van der Waals surface area contributed by atoms with E-state index in [1.165, 1.54) is 13.3 Å². The Morgan fingerprint density at radius 1 is 1.29 bits per heavy atom. The average molecular weight is 303 g/mol. The summed E-state index contributed by atoms with van der Waals surface area (Å²) in [5, 5.41) is 9.14. The first-order chi connectivity index (χ1) is 9.94. The Morgan fingerprint density at radius 2 is 2.05 bits per heavy atom. The molecule has 1 N–H and O–H groups in total. The lowest BCUT2D eigenvalue weighted by molar-refractivity contribution is 0.416. The number of hydrogen-bond donors (Lipinski definition) is 1. The maximum Gasteiger partial charge on any atom is 0.229 e. The molecule has 1 aromatic carbocycles. The fourth-order valence-corrected chi connectivity index (χ4v) is 2.45. The third-order valence-corrected chi connectivity index (χ3v) is 3.34. The summed E-state index contributed by atoms with van der Waals surface area (Å²) in [5.74, 6) is 0.452. The van der Waals surface area contributed by atoms with Crippen LogP contribution in [-0.2, 0) is 10.0 Å². The van der Waals surface area contributed by atoms with E-state index >= 15 is 0 Å². The highest BCUT2D eigenvalue weighted by Crippen LogP contribution is 2.34. The fraction of sp³-hybridized carbons (Fsp3) is 0.143. The molecule has 0 unspecified atom stereocenters. The highest BCUT2D eigenvalue weighted by Gasteiger charge is 2.12. The number of nitrogens with one attached hydrogen (secondary N) is 1. The van der Waals surface area contributed by atoms with Gasteiger partial charge < -0.3 is 4.74 Å². The fourth-order valence-electron chi connectivity index (χ4n) is 1.90. The van der Waals surface area contributed by atoms with Gasteiger partial charge in [0, 0.05) is 29.6 Å². The first kappa shape index (κ1) is 14.8. The van der Waals surface area contributed by atoms with E-state index < -0.39 is 10.0 Å². The number of nitriles is 1. The van der Waals surface area contributed by atoms with Gasteiger partial charge in [-0.15, -0.1) is 0 Å². The van der Waals surface area contributed by atoms with E-state index in [9.17, 15) is 8.42 Å². The summed E-state index contributed by atoms with van der Waals surface area (Å²) in [6.45, 7) is 0. The van der Waals surface area contributed by atoms with Crippen molar-refractivity contribution in [3.8, 4) is 22.9 Å². The molecule has 2 aromatic rings. The number of nitrogens with zero attached hydrogens (tertiary/aromatic N) is 2.